The van der Waals surface area contributed by atoms with E-state index in [-0.39, 0.29) is 0 Å². The highest BCUT2D eigenvalue weighted by Crippen LogP contribution is 2.28. The van der Waals surface area contributed by atoms with Crippen LogP contribution in [0.4, 0.5) is 0 Å². The summed E-state index contributed by atoms with van der Waals surface area (Å²) in [5.41, 5.74) is 0. The van der Waals surface area contributed by atoms with Crippen molar-refractivity contribution in [3.05, 3.63) is 11.5 Å². The molecule has 1 aliphatic heterocycles. The quantitative estimate of drug-likeness (QED) is 0.0823. The average Bonchev–Trinajstić information content (AvgIpc) is 3.40. The van der Waals surface area contributed by atoms with Gasteiger partial charge in [0.2, 0.25) is 6.79 Å². The van der Waals surface area contributed by atoms with Gasteiger partial charge in [-0.1, -0.05) is 0 Å². The van der Waals surface area contributed by atoms with Gasteiger partial charge >= 0.3 is 5.97 Å². The third-order valence-electron chi connectivity index (χ3n) is 5.81. The summed E-state index contributed by atoms with van der Waals surface area (Å²) >= 11 is 0. The Bertz CT molecular complexity index is 779. The standard InChI is InChI=1S/C19H34O19/c20-1-3(21)4(22)5(23)6(24)8(26)11(29)14(32)17-18(38-2-37-17)15(33)12(30)9(27)7(25)10(28)13(31)16(34)19(35)36/h3-16,20-34H,1-2H2,(H,35,36). The number of aliphatic hydroxyl groups is 15. The van der Waals surface area contributed by atoms with Crippen molar-refractivity contribution in [2.24, 2.45) is 0 Å². The zero-order valence-electron chi connectivity index (χ0n) is 19.4. The number of ether oxygens (including phenoxy) is 2. The fraction of sp³-hybridized carbons (Fsp3) is 0.842. The number of carbonyl (C=O) groups is 1. The van der Waals surface area contributed by atoms with E-state index in [2.05, 4.69) is 0 Å². The van der Waals surface area contributed by atoms with Crippen LogP contribution in [-0.4, -0.2) is 187 Å². The third kappa shape index (κ3) is 7.65. The number of hydrogen-bond donors (Lipinski definition) is 16. The number of rotatable bonds is 16. The number of aliphatic carboxylic acids is 1. The van der Waals surface area contributed by atoms with Crippen molar-refractivity contribution >= 4 is 5.97 Å². The Balaban J connectivity index is 3.04. The van der Waals surface area contributed by atoms with Crippen LogP contribution in [0, 0.1) is 0 Å². The number of carboxylic acid groups (broad SMARTS) is 1. The monoisotopic (exact) mass is 566 g/mol. The molecule has 0 saturated carbocycles. The minimum absolute atomic E-state index is 0.786. The van der Waals surface area contributed by atoms with Gasteiger partial charge in [-0.2, -0.15) is 0 Å². The van der Waals surface area contributed by atoms with E-state index in [1.165, 1.54) is 0 Å². The van der Waals surface area contributed by atoms with Crippen LogP contribution < -0.4 is 0 Å². The molecule has 1 aliphatic rings. The normalized spacial score (nSPS) is 25.3. The molecule has 38 heavy (non-hydrogen) atoms. The van der Waals surface area contributed by atoms with Crippen LogP contribution in [-0.2, 0) is 14.3 Å². The second-order valence-electron chi connectivity index (χ2n) is 8.46. The molecular weight excluding hydrogens is 532 g/mol. The predicted octanol–water partition coefficient (Wildman–Crippen LogP) is -9.67. The van der Waals surface area contributed by atoms with Gasteiger partial charge in [0.1, 0.15) is 79.4 Å². The maximum absolute atomic E-state index is 10.7. The molecule has 14 atom stereocenters. The Morgan fingerprint density at radius 3 is 1.21 bits per heavy atom. The van der Waals surface area contributed by atoms with Gasteiger partial charge < -0.3 is 91.2 Å². The first-order valence-electron chi connectivity index (χ1n) is 10.9. The van der Waals surface area contributed by atoms with Crippen molar-refractivity contribution in [3.63, 3.8) is 0 Å². The molecule has 0 radical (unpaired) electrons. The molecule has 0 aromatic carbocycles. The van der Waals surface area contributed by atoms with Crippen molar-refractivity contribution < 1.29 is 96.0 Å². The van der Waals surface area contributed by atoms with Gasteiger partial charge in [-0.3, -0.25) is 0 Å². The van der Waals surface area contributed by atoms with E-state index in [0.717, 1.165) is 0 Å². The smallest absolute Gasteiger partial charge is 0.335 e. The van der Waals surface area contributed by atoms with Crippen molar-refractivity contribution in [1.29, 1.82) is 0 Å². The van der Waals surface area contributed by atoms with Crippen LogP contribution in [0.1, 0.15) is 0 Å². The maximum Gasteiger partial charge on any atom is 0.335 e. The Hall–Kier alpha value is -1.79. The summed E-state index contributed by atoms with van der Waals surface area (Å²) in [6.45, 7) is -1.84. The van der Waals surface area contributed by atoms with Gasteiger partial charge in [0, 0.05) is 0 Å². The van der Waals surface area contributed by atoms with E-state index in [0.29, 0.717) is 0 Å². The third-order valence-corrected chi connectivity index (χ3v) is 5.81. The molecule has 1 heterocycles. The molecule has 16 N–H and O–H groups in total. The van der Waals surface area contributed by atoms with Gasteiger partial charge in [-0.05, 0) is 0 Å². The van der Waals surface area contributed by atoms with E-state index >= 15 is 0 Å². The van der Waals surface area contributed by atoms with Crippen LogP contribution in [0.2, 0.25) is 0 Å². The number of hydrogen-bond acceptors (Lipinski definition) is 18. The van der Waals surface area contributed by atoms with Gasteiger partial charge in [0.15, 0.2) is 17.6 Å². The molecule has 0 fully saturated rings. The molecule has 0 aromatic rings. The van der Waals surface area contributed by atoms with E-state index in [1.54, 1.807) is 0 Å². The summed E-state index contributed by atoms with van der Waals surface area (Å²) in [6, 6.07) is 0. The first kappa shape index (κ1) is 34.2. The number of aliphatic hydroxyl groups excluding tert-OH is 15. The van der Waals surface area contributed by atoms with E-state index in [1.807, 2.05) is 0 Å². The predicted molar refractivity (Wildman–Crippen MR) is 113 cm³/mol. The second kappa shape index (κ2) is 14.6. The fourth-order valence-electron chi connectivity index (χ4n) is 3.33. The molecule has 0 amide bonds. The first-order valence-corrected chi connectivity index (χ1v) is 10.9. The summed E-state index contributed by atoms with van der Waals surface area (Å²) in [7, 11) is 0. The SMILES string of the molecule is O=C(O)C(O)C(O)C(O)C(O)C(O)C(O)C(O)C1=C(C(O)C(O)C(O)C(O)C(O)C(O)C(O)CO)OCO1. The first-order chi connectivity index (χ1) is 17.5. The highest BCUT2D eigenvalue weighted by Gasteiger charge is 2.46. The van der Waals surface area contributed by atoms with E-state index in [9.17, 15) is 76.3 Å². The number of carboxylic acids is 1. The van der Waals surface area contributed by atoms with Crippen LogP contribution in [0.3, 0.4) is 0 Å². The molecule has 19 nitrogen and oxygen atoms in total. The molecule has 1 rings (SSSR count). The highest BCUT2D eigenvalue weighted by molar-refractivity contribution is 5.72. The summed E-state index contributed by atoms with van der Waals surface area (Å²) in [4.78, 5) is 10.7. The maximum atomic E-state index is 10.7. The minimum atomic E-state index is -2.61. The highest BCUT2D eigenvalue weighted by atomic mass is 16.7. The molecule has 0 aliphatic carbocycles. The lowest BCUT2D eigenvalue weighted by Gasteiger charge is -2.33. The van der Waals surface area contributed by atoms with Gasteiger partial charge in [0.25, 0.3) is 0 Å². The zero-order valence-corrected chi connectivity index (χ0v) is 19.4. The largest absolute Gasteiger partial charge is 0.479 e. The van der Waals surface area contributed by atoms with Crippen LogP contribution in [0.5, 0.6) is 0 Å². The van der Waals surface area contributed by atoms with Gasteiger partial charge in [-0.15, -0.1) is 0 Å². The average molecular weight is 566 g/mol. The van der Waals surface area contributed by atoms with Crippen LogP contribution in [0.25, 0.3) is 0 Å². The lowest BCUT2D eigenvalue weighted by molar-refractivity contribution is -0.179. The lowest BCUT2D eigenvalue weighted by atomic mass is 9.92. The lowest BCUT2D eigenvalue weighted by Crippen LogP contribution is -2.56. The fourth-order valence-corrected chi connectivity index (χ4v) is 3.33. The van der Waals surface area contributed by atoms with E-state index in [4.69, 9.17) is 19.7 Å². The zero-order chi connectivity index (χ0) is 29.6. The Labute approximate surface area is 213 Å². The van der Waals surface area contributed by atoms with Crippen LogP contribution in [0.15, 0.2) is 11.5 Å². The van der Waals surface area contributed by atoms with Crippen molar-refractivity contribution in [3.8, 4) is 0 Å². The molecular formula is C19H34O19. The molecule has 0 saturated heterocycles. The van der Waals surface area contributed by atoms with Gasteiger partial charge in [0.05, 0.1) is 6.61 Å². The van der Waals surface area contributed by atoms with Crippen molar-refractivity contribution in [1.82, 2.24) is 0 Å². The Morgan fingerprint density at radius 2 is 0.868 bits per heavy atom. The topological polar surface area (TPSA) is 359 Å². The minimum Gasteiger partial charge on any atom is -0.479 e. The van der Waals surface area contributed by atoms with E-state index < -0.39 is 116 Å². The van der Waals surface area contributed by atoms with Gasteiger partial charge in [-0.25, -0.2) is 4.79 Å². The summed E-state index contributed by atoms with van der Waals surface area (Å²) in [6.07, 6.45) is -34.2. The summed E-state index contributed by atoms with van der Waals surface area (Å²) in [5, 5.41) is 156. The molecule has 19 heteroatoms. The Morgan fingerprint density at radius 1 is 0.553 bits per heavy atom. The Kier molecular flexibility index (Phi) is 13.1. The van der Waals surface area contributed by atoms with Crippen molar-refractivity contribution in [2.45, 2.75) is 85.5 Å². The van der Waals surface area contributed by atoms with Crippen LogP contribution >= 0.6 is 0 Å². The van der Waals surface area contributed by atoms with Crippen molar-refractivity contribution in [2.75, 3.05) is 13.4 Å². The molecule has 0 bridgehead atoms. The summed E-state index contributed by atoms with van der Waals surface area (Å²) in [5.74, 6) is -3.81. The molecule has 0 spiro atoms. The molecule has 14 unspecified atom stereocenters. The summed E-state index contributed by atoms with van der Waals surface area (Å²) < 4.78 is 9.72. The molecule has 0 aromatic heterocycles. The molecule has 224 valence electrons. The second-order valence-corrected chi connectivity index (χ2v) is 8.46.